The van der Waals surface area contributed by atoms with E-state index in [2.05, 4.69) is 10.3 Å². The molecule has 0 saturated heterocycles. The normalized spacial score (nSPS) is 15.5. The number of likely N-dealkylation sites (N-methyl/N-ethyl adjacent to an activating group) is 1. The van der Waals surface area contributed by atoms with Crippen molar-refractivity contribution >= 4 is 18.3 Å². The molecular formula is C20H21ClFN5O. The van der Waals surface area contributed by atoms with Gasteiger partial charge < -0.3 is 10.2 Å². The van der Waals surface area contributed by atoms with Gasteiger partial charge in [0.25, 0.3) is 0 Å². The molecule has 1 aromatic carbocycles. The first-order valence-electron chi connectivity index (χ1n) is 8.76. The fourth-order valence-electron chi connectivity index (χ4n) is 3.43. The van der Waals surface area contributed by atoms with Gasteiger partial charge in [-0.3, -0.25) is 14.5 Å². The van der Waals surface area contributed by atoms with Crippen molar-refractivity contribution in [2.24, 2.45) is 0 Å². The molecule has 1 amide bonds. The smallest absolute Gasteiger partial charge is 0.248 e. The van der Waals surface area contributed by atoms with Gasteiger partial charge in [0, 0.05) is 50.7 Å². The van der Waals surface area contributed by atoms with E-state index in [4.69, 9.17) is 5.10 Å². The third-order valence-corrected chi connectivity index (χ3v) is 4.75. The van der Waals surface area contributed by atoms with Gasteiger partial charge in [0.05, 0.1) is 5.69 Å². The van der Waals surface area contributed by atoms with E-state index in [9.17, 15) is 9.18 Å². The Hall–Kier alpha value is -2.77. The second kappa shape index (κ2) is 8.08. The van der Waals surface area contributed by atoms with Crippen molar-refractivity contribution in [3.8, 4) is 22.4 Å². The van der Waals surface area contributed by atoms with E-state index < -0.39 is 6.04 Å². The number of aromatic nitrogens is 3. The molecule has 28 heavy (non-hydrogen) atoms. The number of halogens is 2. The first kappa shape index (κ1) is 20.0. The van der Waals surface area contributed by atoms with Gasteiger partial charge in [-0.1, -0.05) is 0 Å². The van der Waals surface area contributed by atoms with Gasteiger partial charge in [0.2, 0.25) is 5.91 Å². The van der Waals surface area contributed by atoms with Gasteiger partial charge in [-0.05, 0) is 42.0 Å². The Morgan fingerprint density at radius 2 is 1.82 bits per heavy atom. The molecule has 1 unspecified atom stereocenters. The number of nitrogens with zero attached hydrogens (tertiary/aromatic N) is 4. The van der Waals surface area contributed by atoms with Gasteiger partial charge in [-0.2, -0.15) is 5.10 Å². The van der Waals surface area contributed by atoms with Gasteiger partial charge in [-0.15, -0.1) is 12.4 Å². The molecule has 1 N–H and O–H groups in total. The molecule has 0 bridgehead atoms. The molecule has 1 atom stereocenters. The van der Waals surface area contributed by atoms with Crippen LogP contribution in [0, 0.1) is 5.82 Å². The van der Waals surface area contributed by atoms with E-state index in [-0.39, 0.29) is 24.1 Å². The summed E-state index contributed by atoms with van der Waals surface area (Å²) < 4.78 is 15.2. The Morgan fingerprint density at radius 1 is 1.14 bits per heavy atom. The average molecular weight is 402 g/mol. The first-order chi connectivity index (χ1) is 13.1. The molecule has 0 spiro atoms. The highest BCUT2D eigenvalue weighted by molar-refractivity contribution is 5.86. The number of hydrogen-bond donors (Lipinski definition) is 1. The van der Waals surface area contributed by atoms with Crippen molar-refractivity contribution in [3.63, 3.8) is 0 Å². The Kier molecular flexibility index (Phi) is 5.76. The Morgan fingerprint density at radius 3 is 2.46 bits per heavy atom. The molecule has 1 aliphatic heterocycles. The molecular weight excluding hydrogens is 381 g/mol. The van der Waals surface area contributed by atoms with Crippen LogP contribution in [0.3, 0.4) is 0 Å². The van der Waals surface area contributed by atoms with Gasteiger partial charge >= 0.3 is 0 Å². The molecule has 6 nitrogen and oxygen atoms in total. The van der Waals surface area contributed by atoms with E-state index in [0.29, 0.717) is 13.1 Å². The molecule has 2 aromatic heterocycles. The van der Waals surface area contributed by atoms with E-state index in [1.165, 1.54) is 12.1 Å². The molecule has 8 heteroatoms. The summed E-state index contributed by atoms with van der Waals surface area (Å²) >= 11 is 0. The van der Waals surface area contributed by atoms with E-state index in [1.54, 1.807) is 43.5 Å². The summed E-state index contributed by atoms with van der Waals surface area (Å²) in [6, 6.07) is 9.69. The topological polar surface area (TPSA) is 63.1 Å². The summed E-state index contributed by atoms with van der Waals surface area (Å²) in [5.74, 6) is -0.312. The number of hydrogen-bond acceptors (Lipinski definition) is 4. The van der Waals surface area contributed by atoms with Gasteiger partial charge in [0.1, 0.15) is 17.6 Å². The summed E-state index contributed by atoms with van der Waals surface area (Å²) in [5.41, 5.74) is 4.38. The van der Waals surface area contributed by atoms with Crippen molar-refractivity contribution in [3.05, 3.63) is 60.3 Å². The summed E-state index contributed by atoms with van der Waals surface area (Å²) in [4.78, 5) is 18.3. The fourth-order valence-corrected chi connectivity index (χ4v) is 3.43. The Bertz CT molecular complexity index is 972. The molecule has 3 heterocycles. The number of carbonyl (C=O) groups is 1. The minimum Gasteiger partial charge on any atom is -0.347 e. The number of fused-ring (bicyclic) bond motifs is 1. The van der Waals surface area contributed by atoms with Crippen LogP contribution in [0.5, 0.6) is 0 Å². The van der Waals surface area contributed by atoms with E-state index in [1.807, 2.05) is 16.8 Å². The second-order valence-electron chi connectivity index (χ2n) is 6.74. The van der Waals surface area contributed by atoms with Crippen LogP contribution in [0.2, 0.25) is 0 Å². The minimum absolute atomic E-state index is 0. The maximum absolute atomic E-state index is 13.4. The lowest BCUT2D eigenvalue weighted by atomic mass is 9.99. The predicted octanol–water partition coefficient (Wildman–Crippen LogP) is 2.91. The molecule has 0 radical (unpaired) electrons. The van der Waals surface area contributed by atoms with Crippen LogP contribution >= 0.6 is 12.4 Å². The van der Waals surface area contributed by atoms with Crippen LogP contribution < -0.4 is 5.32 Å². The number of nitrogens with one attached hydrogen (secondary N) is 1. The second-order valence-corrected chi connectivity index (χ2v) is 6.74. The van der Waals surface area contributed by atoms with Crippen molar-refractivity contribution in [1.82, 2.24) is 25.0 Å². The van der Waals surface area contributed by atoms with Crippen LogP contribution in [0.25, 0.3) is 22.4 Å². The lowest BCUT2D eigenvalue weighted by molar-refractivity contribution is -0.132. The van der Waals surface area contributed by atoms with Crippen LogP contribution in [0.1, 0.15) is 11.7 Å². The summed E-state index contributed by atoms with van der Waals surface area (Å²) in [7, 11) is 3.48. The minimum atomic E-state index is -0.418. The summed E-state index contributed by atoms with van der Waals surface area (Å²) in [6.07, 6.45) is 3.46. The maximum atomic E-state index is 13.4. The van der Waals surface area contributed by atoms with Crippen LogP contribution in [0.4, 0.5) is 4.39 Å². The van der Waals surface area contributed by atoms with Crippen molar-refractivity contribution < 1.29 is 9.18 Å². The monoisotopic (exact) mass is 401 g/mol. The fraction of sp³-hybridized carbons (Fsp3) is 0.250. The molecule has 146 valence electrons. The highest BCUT2D eigenvalue weighted by atomic mass is 35.5. The van der Waals surface area contributed by atoms with Crippen molar-refractivity contribution in [1.29, 1.82) is 0 Å². The van der Waals surface area contributed by atoms with E-state index >= 15 is 0 Å². The lowest BCUT2D eigenvalue weighted by Gasteiger charge is -2.27. The number of carbonyl (C=O) groups excluding carboxylic acids is 1. The third-order valence-electron chi connectivity index (χ3n) is 4.75. The summed E-state index contributed by atoms with van der Waals surface area (Å²) in [5, 5.41) is 8.13. The maximum Gasteiger partial charge on any atom is 0.248 e. The Balaban J connectivity index is 0.00000225. The highest BCUT2D eigenvalue weighted by Crippen LogP contribution is 2.37. The summed E-state index contributed by atoms with van der Waals surface area (Å²) in [6.45, 7) is 1.12. The number of pyridine rings is 1. The third kappa shape index (κ3) is 3.50. The quantitative estimate of drug-likeness (QED) is 0.733. The van der Waals surface area contributed by atoms with E-state index in [0.717, 1.165) is 28.1 Å². The average Bonchev–Trinajstić information content (AvgIpc) is 3.08. The number of amides is 1. The molecule has 1 aliphatic rings. The van der Waals surface area contributed by atoms with Crippen LogP contribution in [0.15, 0.2) is 48.8 Å². The SMILES string of the molecule is CN(C)C(=O)C1CNCc2c(-c3ccncc3)c(-c3ccc(F)cc3)nn21.Cl. The highest BCUT2D eigenvalue weighted by Gasteiger charge is 2.32. The molecule has 3 aromatic rings. The largest absolute Gasteiger partial charge is 0.347 e. The zero-order valence-corrected chi connectivity index (χ0v) is 16.4. The molecule has 4 rings (SSSR count). The zero-order valence-electron chi connectivity index (χ0n) is 15.6. The number of benzene rings is 1. The predicted molar refractivity (Wildman–Crippen MR) is 108 cm³/mol. The first-order valence-corrected chi connectivity index (χ1v) is 8.76. The standard InChI is InChI=1S/C20H20FN5O.ClH/c1-25(2)20(27)17-12-23-11-16-18(13-7-9-22-10-8-13)19(24-26(16)17)14-3-5-15(21)6-4-14;/h3-10,17,23H,11-12H2,1-2H3;1H. The molecule has 0 aliphatic carbocycles. The van der Waals surface area contributed by atoms with Gasteiger partial charge in [0.15, 0.2) is 0 Å². The zero-order chi connectivity index (χ0) is 19.0. The van der Waals surface area contributed by atoms with Crippen LogP contribution in [-0.2, 0) is 11.3 Å². The Labute approximate surface area is 168 Å². The van der Waals surface area contributed by atoms with Crippen molar-refractivity contribution in [2.75, 3.05) is 20.6 Å². The van der Waals surface area contributed by atoms with Gasteiger partial charge in [-0.25, -0.2) is 4.39 Å². The molecule has 0 saturated carbocycles. The van der Waals surface area contributed by atoms with Crippen molar-refractivity contribution in [2.45, 2.75) is 12.6 Å². The lowest BCUT2D eigenvalue weighted by Crippen LogP contribution is -2.42. The van der Waals surface area contributed by atoms with Crippen LogP contribution in [-0.4, -0.2) is 46.2 Å². The number of rotatable bonds is 3. The molecule has 0 fully saturated rings.